The van der Waals surface area contributed by atoms with Crippen molar-refractivity contribution in [2.45, 2.75) is 13.0 Å². The number of amides is 1. The van der Waals surface area contributed by atoms with Gasteiger partial charge in [0, 0.05) is 15.5 Å². The Morgan fingerprint density at radius 3 is 2.71 bits per heavy atom. The lowest BCUT2D eigenvalue weighted by molar-refractivity contribution is -0.125. The molecule has 4 rings (SSSR count). The maximum atomic E-state index is 12.3. The zero-order valence-electron chi connectivity index (χ0n) is 14.9. The quantitative estimate of drug-likeness (QED) is 0.448. The van der Waals surface area contributed by atoms with Crippen molar-refractivity contribution >= 4 is 55.9 Å². The third kappa shape index (κ3) is 3.61. The molecule has 2 heterocycles. The predicted octanol–water partition coefficient (Wildman–Crippen LogP) is 5.34. The van der Waals surface area contributed by atoms with E-state index in [9.17, 15) is 9.59 Å². The molecule has 2 aromatic heterocycles. The zero-order valence-corrected chi connectivity index (χ0v) is 16.5. The van der Waals surface area contributed by atoms with Crippen LogP contribution < -0.4 is 5.32 Å². The van der Waals surface area contributed by atoms with Crippen molar-refractivity contribution in [1.82, 2.24) is 5.32 Å². The van der Waals surface area contributed by atoms with Crippen LogP contribution in [0.25, 0.3) is 21.1 Å². The SMILES string of the molecule is C[C@@H](NC(=O)COC(=O)c1sc2ccccc2c1Cl)c1cc2ccccc2o1. The monoisotopic (exact) mass is 413 g/mol. The van der Waals surface area contributed by atoms with Gasteiger partial charge < -0.3 is 14.5 Å². The molecule has 1 amide bonds. The van der Waals surface area contributed by atoms with Gasteiger partial charge in [-0.15, -0.1) is 11.3 Å². The first-order valence-electron chi connectivity index (χ1n) is 8.65. The predicted molar refractivity (Wildman–Crippen MR) is 110 cm³/mol. The molecule has 142 valence electrons. The molecule has 0 radical (unpaired) electrons. The summed E-state index contributed by atoms with van der Waals surface area (Å²) < 4.78 is 11.8. The van der Waals surface area contributed by atoms with Crippen molar-refractivity contribution in [3.8, 4) is 0 Å². The number of ether oxygens (including phenoxy) is 1. The summed E-state index contributed by atoms with van der Waals surface area (Å²) in [5, 5.41) is 4.87. The fourth-order valence-electron chi connectivity index (χ4n) is 2.91. The summed E-state index contributed by atoms with van der Waals surface area (Å²) in [5.74, 6) is -0.398. The Kier molecular flexibility index (Phi) is 5.07. The molecular formula is C21H16ClNO4S. The summed E-state index contributed by atoms with van der Waals surface area (Å²) in [6.45, 7) is 1.41. The first kappa shape index (κ1) is 18.5. The highest BCUT2D eigenvalue weighted by atomic mass is 35.5. The van der Waals surface area contributed by atoms with Gasteiger partial charge in [0.1, 0.15) is 16.2 Å². The van der Waals surface area contributed by atoms with E-state index in [0.29, 0.717) is 15.7 Å². The number of carbonyl (C=O) groups excluding carboxylic acids is 2. The minimum atomic E-state index is -0.613. The third-order valence-electron chi connectivity index (χ3n) is 4.30. The van der Waals surface area contributed by atoms with E-state index in [2.05, 4.69) is 5.32 Å². The molecule has 4 aromatic rings. The van der Waals surface area contributed by atoms with Crippen LogP contribution in [-0.2, 0) is 9.53 Å². The lowest BCUT2D eigenvalue weighted by atomic mass is 10.2. The van der Waals surface area contributed by atoms with Crippen LogP contribution in [0.5, 0.6) is 0 Å². The van der Waals surface area contributed by atoms with Gasteiger partial charge in [-0.1, -0.05) is 48.0 Å². The lowest BCUT2D eigenvalue weighted by Crippen LogP contribution is -2.30. The second-order valence-corrected chi connectivity index (χ2v) is 7.72. The Morgan fingerprint density at radius 2 is 1.93 bits per heavy atom. The number of halogens is 1. The molecule has 0 aliphatic heterocycles. The third-order valence-corrected chi connectivity index (χ3v) is 5.96. The minimum absolute atomic E-state index is 0.293. The topological polar surface area (TPSA) is 68.5 Å². The van der Waals surface area contributed by atoms with Gasteiger partial charge >= 0.3 is 5.97 Å². The van der Waals surface area contributed by atoms with Crippen LogP contribution in [-0.4, -0.2) is 18.5 Å². The Balaban J connectivity index is 1.38. The summed E-state index contributed by atoms with van der Waals surface area (Å²) in [7, 11) is 0. The van der Waals surface area contributed by atoms with Crippen LogP contribution in [0.3, 0.4) is 0 Å². The standard InChI is InChI=1S/C21H16ClNO4S/c1-12(16-10-13-6-2-4-8-15(13)27-16)23-18(24)11-26-21(25)20-19(22)14-7-3-5-9-17(14)28-20/h2-10,12H,11H2,1H3,(H,23,24)/t12-/m1/s1. The molecule has 5 nitrogen and oxygen atoms in total. The molecule has 0 saturated carbocycles. The van der Waals surface area contributed by atoms with Crippen molar-refractivity contribution in [2.24, 2.45) is 0 Å². The maximum absolute atomic E-state index is 12.3. The number of hydrogen-bond donors (Lipinski definition) is 1. The minimum Gasteiger partial charge on any atom is -0.459 e. The van der Waals surface area contributed by atoms with Crippen LogP contribution in [0.15, 0.2) is 59.0 Å². The number of rotatable bonds is 5. The van der Waals surface area contributed by atoms with E-state index >= 15 is 0 Å². The van der Waals surface area contributed by atoms with Gasteiger partial charge in [-0.05, 0) is 25.1 Å². The summed E-state index contributed by atoms with van der Waals surface area (Å²) in [5.41, 5.74) is 0.754. The number of esters is 1. The second-order valence-electron chi connectivity index (χ2n) is 6.29. The molecule has 0 saturated heterocycles. The summed E-state index contributed by atoms with van der Waals surface area (Å²) in [6, 6.07) is 16.6. The maximum Gasteiger partial charge on any atom is 0.350 e. The number of nitrogens with one attached hydrogen (secondary N) is 1. The van der Waals surface area contributed by atoms with E-state index in [4.69, 9.17) is 20.8 Å². The van der Waals surface area contributed by atoms with Crippen molar-refractivity contribution in [3.63, 3.8) is 0 Å². The van der Waals surface area contributed by atoms with Crippen molar-refractivity contribution in [1.29, 1.82) is 0 Å². The number of hydrogen-bond acceptors (Lipinski definition) is 5. The number of thiophene rings is 1. The molecule has 0 bridgehead atoms. The molecule has 0 aliphatic rings. The highest BCUT2D eigenvalue weighted by Crippen LogP contribution is 2.35. The summed E-state index contributed by atoms with van der Waals surface area (Å²) >= 11 is 7.51. The smallest absolute Gasteiger partial charge is 0.350 e. The fourth-order valence-corrected chi connectivity index (χ4v) is 4.31. The molecule has 1 atom stereocenters. The van der Waals surface area contributed by atoms with E-state index in [1.54, 1.807) is 6.92 Å². The van der Waals surface area contributed by atoms with Gasteiger partial charge in [-0.2, -0.15) is 0 Å². The normalized spacial score (nSPS) is 12.2. The zero-order chi connectivity index (χ0) is 19.7. The molecule has 7 heteroatoms. The number of para-hydroxylation sites is 1. The summed E-state index contributed by atoms with van der Waals surface area (Å²) in [4.78, 5) is 24.8. The molecule has 0 aliphatic carbocycles. The fraction of sp³-hybridized carbons (Fsp3) is 0.143. The number of carbonyl (C=O) groups is 2. The average molecular weight is 414 g/mol. The molecule has 0 unspecified atom stereocenters. The second kappa shape index (κ2) is 7.66. The van der Waals surface area contributed by atoms with E-state index in [1.807, 2.05) is 54.6 Å². The van der Waals surface area contributed by atoms with Crippen LogP contribution in [0, 0.1) is 0 Å². The van der Waals surface area contributed by atoms with Gasteiger partial charge in [0.2, 0.25) is 0 Å². The van der Waals surface area contributed by atoms with Gasteiger partial charge in [0.05, 0.1) is 11.1 Å². The number of benzene rings is 2. The average Bonchev–Trinajstić information content (AvgIpc) is 3.28. The molecule has 2 aromatic carbocycles. The van der Waals surface area contributed by atoms with Gasteiger partial charge in [0.25, 0.3) is 5.91 Å². The highest BCUT2D eigenvalue weighted by Gasteiger charge is 2.20. The number of fused-ring (bicyclic) bond motifs is 2. The van der Waals surface area contributed by atoms with Gasteiger partial charge in [-0.25, -0.2) is 4.79 Å². The first-order valence-corrected chi connectivity index (χ1v) is 9.84. The first-order chi connectivity index (χ1) is 13.5. The van der Waals surface area contributed by atoms with Gasteiger partial charge in [0.15, 0.2) is 6.61 Å². The van der Waals surface area contributed by atoms with E-state index in [1.165, 1.54) is 11.3 Å². The van der Waals surface area contributed by atoms with Crippen molar-refractivity contribution in [3.05, 3.63) is 70.3 Å². The molecule has 0 fully saturated rings. The van der Waals surface area contributed by atoms with Gasteiger partial charge in [-0.3, -0.25) is 4.79 Å². The molecule has 1 N–H and O–H groups in total. The Hall–Kier alpha value is -2.83. The van der Waals surface area contributed by atoms with Crippen LogP contribution in [0.2, 0.25) is 5.02 Å². The van der Waals surface area contributed by atoms with E-state index in [0.717, 1.165) is 21.1 Å². The van der Waals surface area contributed by atoms with Crippen LogP contribution in [0.1, 0.15) is 28.4 Å². The number of furan rings is 1. The van der Waals surface area contributed by atoms with Crippen molar-refractivity contribution in [2.75, 3.05) is 6.61 Å². The highest BCUT2D eigenvalue weighted by molar-refractivity contribution is 7.21. The van der Waals surface area contributed by atoms with E-state index in [-0.39, 0.29) is 6.04 Å². The van der Waals surface area contributed by atoms with Crippen molar-refractivity contribution < 1.29 is 18.7 Å². The van der Waals surface area contributed by atoms with E-state index < -0.39 is 18.5 Å². The lowest BCUT2D eigenvalue weighted by Gasteiger charge is -2.11. The Morgan fingerprint density at radius 1 is 1.18 bits per heavy atom. The largest absolute Gasteiger partial charge is 0.459 e. The molecule has 0 spiro atoms. The summed E-state index contributed by atoms with van der Waals surface area (Å²) in [6.07, 6.45) is 0. The Bertz CT molecular complexity index is 1150. The Labute approximate surface area is 169 Å². The van der Waals surface area contributed by atoms with Crippen LogP contribution >= 0.6 is 22.9 Å². The van der Waals surface area contributed by atoms with Crippen LogP contribution in [0.4, 0.5) is 0 Å². The molecule has 28 heavy (non-hydrogen) atoms. The molecular weight excluding hydrogens is 398 g/mol.